The normalized spacial score (nSPS) is 17.5. The van der Waals surface area contributed by atoms with E-state index in [0.717, 1.165) is 18.2 Å². The smallest absolute Gasteiger partial charge is 0.287 e. The van der Waals surface area contributed by atoms with E-state index < -0.39 is 0 Å². The van der Waals surface area contributed by atoms with Gasteiger partial charge in [0.05, 0.1) is 5.60 Å². The van der Waals surface area contributed by atoms with E-state index >= 15 is 0 Å². The molecule has 6 heteroatoms. The van der Waals surface area contributed by atoms with E-state index in [2.05, 4.69) is 5.32 Å². The fourth-order valence-electron chi connectivity index (χ4n) is 2.65. The molecule has 5 nitrogen and oxygen atoms in total. The predicted molar refractivity (Wildman–Crippen MR) is 83.4 cm³/mol. The maximum atomic E-state index is 12.3. The molecule has 0 bridgehead atoms. The highest BCUT2D eigenvalue weighted by molar-refractivity contribution is 6.31. The molecule has 1 saturated heterocycles. The van der Waals surface area contributed by atoms with Crippen LogP contribution in [0.25, 0.3) is 11.0 Å². The number of benzene rings is 1. The number of hydrogen-bond acceptors (Lipinski definition) is 4. The highest BCUT2D eigenvalue weighted by Gasteiger charge is 2.33. The van der Waals surface area contributed by atoms with Gasteiger partial charge in [-0.1, -0.05) is 11.6 Å². The first kappa shape index (κ1) is 15.3. The number of amides is 1. The summed E-state index contributed by atoms with van der Waals surface area (Å²) in [4.78, 5) is 12.3. The van der Waals surface area contributed by atoms with Gasteiger partial charge in [0.1, 0.15) is 5.58 Å². The minimum Gasteiger partial charge on any atom is -0.451 e. The zero-order chi connectivity index (χ0) is 15.6. The lowest BCUT2D eigenvalue weighted by atomic mass is 9.94. The average Bonchev–Trinajstić information content (AvgIpc) is 2.96. The largest absolute Gasteiger partial charge is 0.451 e. The van der Waals surface area contributed by atoms with Gasteiger partial charge in [-0.05, 0) is 24.3 Å². The van der Waals surface area contributed by atoms with Crippen molar-refractivity contribution in [2.45, 2.75) is 18.4 Å². The van der Waals surface area contributed by atoms with Crippen molar-refractivity contribution >= 4 is 28.5 Å². The Morgan fingerprint density at radius 2 is 2.14 bits per heavy atom. The van der Waals surface area contributed by atoms with Crippen LogP contribution in [0.15, 0.2) is 28.7 Å². The van der Waals surface area contributed by atoms with Crippen LogP contribution in [0, 0.1) is 0 Å². The van der Waals surface area contributed by atoms with Gasteiger partial charge in [-0.25, -0.2) is 0 Å². The maximum Gasteiger partial charge on any atom is 0.287 e. The van der Waals surface area contributed by atoms with Gasteiger partial charge in [-0.3, -0.25) is 4.79 Å². The van der Waals surface area contributed by atoms with Gasteiger partial charge in [0.15, 0.2) is 5.76 Å². The third-order valence-electron chi connectivity index (χ3n) is 4.11. The molecule has 0 atom stereocenters. The molecule has 0 unspecified atom stereocenters. The molecule has 1 amide bonds. The molecule has 0 spiro atoms. The number of carbonyl (C=O) groups excluding carboxylic acids is 1. The standard InChI is InChI=1S/C16H18ClNO4/c1-20-16(4-6-21-7-5-16)10-18-15(19)14-9-11-8-12(17)2-3-13(11)22-14/h2-3,8-9H,4-7,10H2,1H3,(H,18,19). The summed E-state index contributed by atoms with van der Waals surface area (Å²) in [7, 11) is 1.67. The number of ether oxygens (including phenoxy) is 2. The molecule has 1 fully saturated rings. The van der Waals surface area contributed by atoms with E-state index in [-0.39, 0.29) is 17.3 Å². The van der Waals surface area contributed by atoms with Crippen LogP contribution >= 0.6 is 11.6 Å². The average molecular weight is 324 g/mol. The van der Waals surface area contributed by atoms with Gasteiger partial charge < -0.3 is 19.2 Å². The summed E-state index contributed by atoms with van der Waals surface area (Å²) in [5, 5.41) is 4.31. The Hall–Kier alpha value is -1.56. The molecule has 3 rings (SSSR count). The number of fused-ring (bicyclic) bond motifs is 1. The Morgan fingerprint density at radius 3 is 2.86 bits per heavy atom. The SMILES string of the molecule is COC1(CNC(=O)c2cc3cc(Cl)ccc3o2)CCOCC1. The molecule has 1 aliphatic rings. The van der Waals surface area contributed by atoms with Crippen LogP contribution in [0.5, 0.6) is 0 Å². The zero-order valence-corrected chi connectivity index (χ0v) is 13.1. The van der Waals surface area contributed by atoms with Crippen LogP contribution in [-0.4, -0.2) is 38.4 Å². The van der Waals surface area contributed by atoms with Gasteiger partial charge in [0.25, 0.3) is 5.91 Å². The number of hydrogen-bond donors (Lipinski definition) is 1. The van der Waals surface area contributed by atoms with E-state index in [9.17, 15) is 4.79 Å². The number of methoxy groups -OCH3 is 1. The van der Waals surface area contributed by atoms with Crippen LogP contribution in [-0.2, 0) is 9.47 Å². The fraction of sp³-hybridized carbons (Fsp3) is 0.438. The first-order chi connectivity index (χ1) is 10.6. The second kappa shape index (κ2) is 6.28. The summed E-state index contributed by atoms with van der Waals surface area (Å²) in [5.74, 6) is 0.0193. The van der Waals surface area contributed by atoms with Crippen LogP contribution < -0.4 is 5.32 Å². The lowest BCUT2D eigenvalue weighted by molar-refractivity contribution is -0.0864. The van der Waals surface area contributed by atoms with Crippen molar-refractivity contribution in [2.75, 3.05) is 26.9 Å². The van der Waals surface area contributed by atoms with Crippen LogP contribution in [0.4, 0.5) is 0 Å². The molecule has 2 heterocycles. The highest BCUT2D eigenvalue weighted by Crippen LogP contribution is 2.25. The van der Waals surface area contributed by atoms with E-state index in [1.807, 2.05) is 0 Å². The van der Waals surface area contributed by atoms with E-state index in [1.54, 1.807) is 31.4 Å². The fourth-order valence-corrected chi connectivity index (χ4v) is 2.83. The first-order valence-electron chi connectivity index (χ1n) is 7.22. The van der Waals surface area contributed by atoms with Crippen LogP contribution in [0.2, 0.25) is 5.02 Å². The minimum atomic E-state index is -0.358. The summed E-state index contributed by atoms with van der Waals surface area (Å²) in [6.45, 7) is 1.73. The van der Waals surface area contributed by atoms with Crippen molar-refractivity contribution in [2.24, 2.45) is 0 Å². The second-order valence-corrected chi connectivity index (χ2v) is 5.91. The van der Waals surface area contributed by atoms with Crippen LogP contribution in [0.3, 0.4) is 0 Å². The van der Waals surface area contributed by atoms with Crippen molar-refractivity contribution in [3.8, 4) is 0 Å². The number of carbonyl (C=O) groups is 1. The molecule has 118 valence electrons. The third-order valence-corrected chi connectivity index (χ3v) is 4.35. The topological polar surface area (TPSA) is 60.7 Å². The Bertz CT molecular complexity index is 676. The van der Waals surface area contributed by atoms with Gasteiger partial charge >= 0.3 is 0 Å². The third kappa shape index (κ3) is 3.11. The molecule has 0 radical (unpaired) electrons. The first-order valence-corrected chi connectivity index (χ1v) is 7.60. The van der Waals surface area contributed by atoms with Crippen molar-refractivity contribution in [3.63, 3.8) is 0 Å². The number of furan rings is 1. The van der Waals surface area contributed by atoms with Crippen molar-refractivity contribution in [1.82, 2.24) is 5.32 Å². The molecular formula is C16H18ClNO4. The summed E-state index contributed by atoms with van der Waals surface area (Å²) >= 11 is 5.94. The van der Waals surface area contributed by atoms with E-state index in [4.69, 9.17) is 25.5 Å². The Labute approximate surface area is 133 Å². The lowest BCUT2D eigenvalue weighted by Gasteiger charge is -2.35. The molecule has 1 aromatic heterocycles. The van der Waals surface area contributed by atoms with Crippen molar-refractivity contribution in [3.05, 3.63) is 35.0 Å². The minimum absolute atomic E-state index is 0.254. The Kier molecular flexibility index (Phi) is 4.38. The molecule has 22 heavy (non-hydrogen) atoms. The molecule has 1 aromatic carbocycles. The van der Waals surface area contributed by atoms with Gasteiger partial charge in [-0.2, -0.15) is 0 Å². The van der Waals surface area contributed by atoms with E-state index in [0.29, 0.717) is 30.4 Å². The Morgan fingerprint density at radius 1 is 1.36 bits per heavy atom. The summed E-state index contributed by atoms with van der Waals surface area (Å²) < 4.78 is 16.5. The zero-order valence-electron chi connectivity index (χ0n) is 12.4. The Balaban J connectivity index is 1.70. The number of rotatable bonds is 4. The molecule has 2 aromatic rings. The molecule has 0 aliphatic carbocycles. The molecular weight excluding hydrogens is 306 g/mol. The quantitative estimate of drug-likeness (QED) is 0.939. The molecule has 1 aliphatic heterocycles. The number of halogens is 1. The lowest BCUT2D eigenvalue weighted by Crippen LogP contribution is -2.48. The molecule has 1 N–H and O–H groups in total. The van der Waals surface area contributed by atoms with Gasteiger partial charge in [-0.15, -0.1) is 0 Å². The van der Waals surface area contributed by atoms with Gasteiger partial charge in [0, 0.05) is 50.1 Å². The highest BCUT2D eigenvalue weighted by atomic mass is 35.5. The summed E-state index contributed by atoms with van der Waals surface area (Å²) in [5.41, 5.74) is 0.283. The maximum absolute atomic E-state index is 12.3. The van der Waals surface area contributed by atoms with E-state index in [1.165, 1.54) is 0 Å². The van der Waals surface area contributed by atoms with Crippen molar-refractivity contribution in [1.29, 1.82) is 0 Å². The van der Waals surface area contributed by atoms with Crippen molar-refractivity contribution < 1.29 is 18.7 Å². The second-order valence-electron chi connectivity index (χ2n) is 5.47. The summed E-state index contributed by atoms with van der Waals surface area (Å²) in [6.07, 6.45) is 1.53. The molecule has 0 saturated carbocycles. The number of nitrogens with one attached hydrogen (secondary N) is 1. The van der Waals surface area contributed by atoms with Crippen LogP contribution in [0.1, 0.15) is 23.4 Å². The monoisotopic (exact) mass is 323 g/mol. The summed E-state index contributed by atoms with van der Waals surface area (Å²) in [6, 6.07) is 6.95. The van der Waals surface area contributed by atoms with Gasteiger partial charge in [0.2, 0.25) is 0 Å². The predicted octanol–water partition coefficient (Wildman–Crippen LogP) is 3.01.